The van der Waals surface area contributed by atoms with Crippen LogP contribution in [0.5, 0.6) is 0 Å². The number of piperazine rings is 1. The monoisotopic (exact) mass is 244 g/mol. The van der Waals surface area contributed by atoms with Crippen LogP contribution in [0.4, 0.5) is 8.78 Å². The van der Waals surface area contributed by atoms with Gasteiger partial charge in [0.2, 0.25) is 0 Å². The lowest BCUT2D eigenvalue weighted by Crippen LogP contribution is -2.53. The Morgan fingerprint density at radius 1 is 1.53 bits per heavy atom. The smallest absolute Gasteiger partial charge is 0.311 e. The molecule has 1 saturated heterocycles. The van der Waals surface area contributed by atoms with Crippen molar-refractivity contribution in [2.45, 2.75) is 39.0 Å². The van der Waals surface area contributed by atoms with Crippen molar-refractivity contribution in [3.8, 4) is 0 Å². The van der Waals surface area contributed by atoms with E-state index in [0.717, 1.165) is 17.7 Å². The number of alkyl halides is 2. The summed E-state index contributed by atoms with van der Waals surface area (Å²) in [6, 6.07) is 0.732. The first-order valence-electron chi connectivity index (χ1n) is 5.85. The van der Waals surface area contributed by atoms with Crippen LogP contribution in [0.25, 0.3) is 0 Å². The Bertz CT molecular complexity index is 366. The standard InChI is InChI=1S/C11H18F2N4/c1-8-6-16(9(2)5-15-8)7-10-14-3-4-17(10)11(12)13/h3-4,8-9,11,15H,5-7H2,1-2H3. The molecule has 2 heterocycles. The molecule has 0 bridgehead atoms. The van der Waals surface area contributed by atoms with Gasteiger partial charge >= 0.3 is 6.55 Å². The zero-order chi connectivity index (χ0) is 12.4. The predicted molar refractivity (Wildman–Crippen MR) is 60.8 cm³/mol. The van der Waals surface area contributed by atoms with Crippen LogP contribution in [0.2, 0.25) is 0 Å². The Morgan fingerprint density at radius 3 is 3.00 bits per heavy atom. The van der Waals surface area contributed by atoms with E-state index >= 15 is 0 Å². The van der Waals surface area contributed by atoms with Crippen LogP contribution < -0.4 is 5.32 Å². The first-order chi connectivity index (χ1) is 8.08. The molecule has 0 radical (unpaired) electrons. The van der Waals surface area contributed by atoms with E-state index < -0.39 is 6.55 Å². The highest BCUT2D eigenvalue weighted by molar-refractivity contribution is 4.95. The second kappa shape index (κ2) is 5.10. The van der Waals surface area contributed by atoms with E-state index in [2.05, 4.69) is 29.0 Å². The first-order valence-corrected chi connectivity index (χ1v) is 5.85. The number of aromatic nitrogens is 2. The van der Waals surface area contributed by atoms with Gasteiger partial charge in [-0.2, -0.15) is 8.78 Å². The fourth-order valence-electron chi connectivity index (χ4n) is 2.14. The number of imidazole rings is 1. The predicted octanol–water partition coefficient (Wildman–Crippen LogP) is 1.46. The van der Waals surface area contributed by atoms with Crippen LogP contribution in [-0.2, 0) is 6.54 Å². The van der Waals surface area contributed by atoms with Crippen molar-refractivity contribution < 1.29 is 8.78 Å². The molecule has 17 heavy (non-hydrogen) atoms. The molecule has 0 saturated carbocycles. The van der Waals surface area contributed by atoms with Crippen LogP contribution in [0.3, 0.4) is 0 Å². The lowest BCUT2D eigenvalue weighted by molar-refractivity contribution is 0.0597. The van der Waals surface area contributed by atoms with Gasteiger partial charge in [-0.05, 0) is 13.8 Å². The molecule has 1 fully saturated rings. The first kappa shape index (κ1) is 12.4. The molecule has 1 aromatic rings. The van der Waals surface area contributed by atoms with Crippen molar-refractivity contribution in [1.29, 1.82) is 0 Å². The lowest BCUT2D eigenvalue weighted by Gasteiger charge is -2.37. The van der Waals surface area contributed by atoms with E-state index in [1.54, 1.807) is 0 Å². The number of rotatable bonds is 3. The highest BCUT2D eigenvalue weighted by Gasteiger charge is 2.24. The van der Waals surface area contributed by atoms with E-state index in [1.165, 1.54) is 12.4 Å². The highest BCUT2D eigenvalue weighted by Crippen LogP contribution is 2.16. The van der Waals surface area contributed by atoms with Gasteiger partial charge in [-0.25, -0.2) is 4.98 Å². The maximum Gasteiger partial charge on any atom is 0.319 e. The van der Waals surface area contributed by atoms with Crippen molar-refractivity contribution in [3.63, 3.8) is 0 Å². The van der Waals surface area contributed by atoms with Crippen LogP contribution in [0, 0.1) is 0 Å². The van der Waals surface area contributed by atoms with E-state index in [4.69, 9.17) is 0 Å². The quantitative estimate of drug-likeness (QED) is 0.874. The maximum atomic E-state index is 12.7. The van der Waals surface area contributed by atoms with Gasteiger partial charge in [-0.3, -0.25) is 9.47 Å². The zero-order valence-corrected chi connectivity index (χ0v) is 10.1. The minimum atomic E-state index is -2.51. The summed E-state index contributed by atoms with van der Waals surface area (Å²) in [4.78, 5) is 6.19. The minimum Gasteiger partial charge on any atom is -0.311 e. The summed E-state index contributed by atoms with van der Waals surface area (Å²) < 4.78 is 26.3. The largest absolute Gasteiger partial charge is 0.319 e. The summed E-state index contributed by atoms with van der Waals surface area (Å²) in [6.45, 7) is 3.90. The van der Waals surface area contributed by atoms with Crippen molar-refractivity contribution >= 4 is 0 Å². The van der Waals surface area contributed by atoms with E-state index in [1.807, 2.05) is 0 Å². The molecule has 6 heteroatoms. The number of nitrogens with zero attached hydrogens (tertiary/aromatic N) is 3. The summed E-state index contributed by atoms with van der Waals surface area (Å²) in [5.74, 6) is 0.431. The molecule has 2 unspecified atom stereocenters. The molecule has 1 aliphatic heterocycles. The van der Waals surface area contributed by atoms with Gasteiger partial charge in [-0.1, -0.05) is 0 Å². The average Bonchev–Trinajstić information content (AvgIpc) is 2.71. The maximum absolute atomic E-state index is 12.7. The second-order valence-electron chi connectivity index (χ2n) is 4.62. The van der Waals surface area contributed by atoms with E-state index in [9.17, 15) is 8.78 Å². The number of halogens is 2. The average molecular weight is 244 g/mol. The van der Waals surface area contributed by atoms with Crippen molar-refractivity contribution in [2.24, 2.45) is 0 Å². The summed E-state index contributed by atoms with van der Waals surface area (Å²) >= 11 is 0. The Morgan fingerprint density at radius 2 is 2.29 bits per heavy atom. The number of hydrogen-bond donors (Lipinski definition) is 1. The second-order valence-corrected chi connectivity index (χ2v) is 4.62. The van der Waals surface area contributed by atoms with Crippen LogP contribution in [0.1, 0.15) is 26.2 Å². The molecule has 4 nitrogen and oxygen atoms in total. The lowest BCUT2D eigenvalue weighted by atomic mass is 10.1. The molecule has 1 aliphatic rings. The van der Waals surface area contributed by atoms with Crippen molar-refractivity contribution in [2.75, 3.05) is 13.1 Å². The van der Waals surface area contributed by atoms with Crippen molar-refractivity contribution in [1.82, 2.24) is 19.8 Å². The van der Waals surface area contributed by atoms with Gasteiger partial charge in [0.25, 0.3) is 0 Å². The van der Waals surface area contributed by atoms with E-state index in [-0.39, 0.29) is 0 Å². The normalized spacial score (nSPS) is 26.6. The molecular weight excluding hydrogens is 226 g/mol. The molecule has 0 aromatic carbocycles. The fourth-order valence-corrected chi connectivity index (χ4v) is 2.14. The Hall–Kier alpha value is -1.01. The summed E-state index contributed by atoms with van der Waals surface area (Å²) in [5, 5.41) is 3.36. The summed E-state index contributed by atoms with van der Waals surface area (Å²) in [7, 11) is 0. The molecule has 1 aromatic heterocycles. The van der Waals surface area contributed by atoms with Crippen LogP contribution in [0.15, 0.2) is 12.4 Å². The number of hydrogen-bond acceptors (Lipinski definition) is 3. The zero-order valence-electron chi connectivity index (χ0n) is 10.1. The third-order valence-electron chi connectivity index (χ3n) is 3.20. The summed E-state index contributed by atoms with van der Waals surface area (Å²) in [6.07, 6.45) is 2.76. The molecule has 0 spiro atoms. The van der Waals surface area contributed by atoms with Crippen LogP contribution >= 0.6 is 0 Å². The Labute approximate surface area is 99.6 Å². The third-order valence-corrected chi connectivity index (χ3v) is 3.20. The summed E-state index contributed by atoms with van der Waals surface area (Å²) in [5.41, 5.74) is 0. The topological polar surface area (TPSA) is 33.1 Å². The molecular formula is C11H18F2N4. The van der Waals surface area contributed by atoms with Gasteiger partial charge in [0, 0.05) is 37.6 Å². The van der Waals surface area contributed by atoms with Gasteiger partial charge in [0.15, 0.2) is 0 Å². The minimum absolute atomic E-state index is 0.342. The van der Waals surface area contributed by atoms with Gasteiger partial charge in [-0.15, -0.1) is 0 Å². The molecule has 2 rings (SSSR count). The highest BCUT2D eigenvalue weighted by atomic mass is 19.3. The van der Waals surface area contributed by atoms with Crippen molar-refractivity contribution in [3.05, 3.63) is 18.2 Å². The Kier molecular flexibility index (Phi) is 3.73. The fraction of sp³-hybridized carbons (Fsp3) is 0.727. The molecule has 1 N–H and O–H groups in total. The Balaban J connectivity index is 2.06. The van der Waals surface area contributed by atoms with Gasteiger partial charge < -0.3 is 5.32 Å². The van der Waals surface area contributed by atoms with Gasteiger partial charge in [0.05, 0.1) is 6.54 Å². The van der Waals surface area contributed by atoms with Crippen LogP contribution in [-0.4, -0.2) is 39.6 Å². The SMILES string of the molecule is CC1CN(Cc2nccn2C(F)F)C(C)CN1. The molecule has 96 valence electrons. The van der Waals surface area contributed by atoms with E-state index in [0.29, 0.717) is 24.5 Å². The number of nitrogens with one attached hydrogen (secondary N) is 1. The molecule has 0 aliphatic carbocycles. The molecule has 0 amide bonds. The third kappa shape index (κ3) is 2.81. The molecule has 2 atom stereocenters. The van der Waals surface area contributed by atoms with Gasteiger partial charge in [0.1, 0.15) is 5.82 Å².